The molecule has 381 valence electrons. The number of anilines is 6. The fourth-order valence-electron chi connectivity index (χ4n) is 9.09. The third kappa shape index (κ3) is 7.91. The van der Waals surface area contributed by atoms with Gasteiger partial charge < -0.3 is 68.9 Å². The number of aromatic nitrogens is 10. The van der Waals surface area contributed by atoms with Crippen molar-refractivity contribution in [2.24, 2.45) is 14.1 Å². The third-order valence-electron chi connectivity index (χ3n) is 13.3. The van der Waals surface area contributed by atoms with Crippen LogP contribution in [0, 0.1) is 0 Å². The maximum absolute atomic E-state index is 13.2. The number of nitrogens with zero attached hydrogens (tertiary/aromatic N) is 15. The number of hydrogen-bond acceptors (Lipinski definition) is 16. The van der Waals surface area contributed by atoms with Crippen LogP contribution in [0.15, 0.2) is 58.1 Å². The van der Waals surface area contributed by atoms with Gasteiger partial charge in [0.15, 0.2) is 0 Å². The van der Waals surface area contributed by atoms with Crippen LogP contribution in [0.25, 0.3) is 101 Å². The molecule has 8 bridgehead atoms. The smallest absolute Gasteiger partial charge is 0.386 e. The third-order valence-corrected chi connectivity index (χ3v) is 13.3. The minimum atomic E-state index is -0.839. The fraction of sp³-hybridized carbons (Fsp3) is 0.200. The number of hydrogen-bond donors (Lipinski definition) is 1. The Morgan fingerprint density at radius 3 is 1.29 bits per heavy atom. The maximum atomic E-state index is 13.2. The number of benzene rings is 4. The number of aryl methyl sites for hydroxylation is 2. The Balaban J connectivity index is 0.00000689. The van der Waals surface area contributed by atoms with E-state index in [1.807, 2.05) is 0 Å². The normalized spacial score (nSPS) is 11.4. The second kappa shape index (κ2) is 18.5. The summed E-state index contributed by atoms with van der Waals surface area (Å²) in [6.07, 6.45) is 0.975. The number of likely N-dealkylation sites (N-methyl/N-ethyl adjacent to an activating group) is 2. The molecule has 4 amide bonds. The first-order valence-electron chi connectivity index (χ1n) is 22.5. The zero-order chi connectivity index (χ0) is 52.9. The Hall–Kier alpha value is -9.48. The first-order chi connectivity index (χ1) is 35.3. The minimum Gasteiger partial charge on any atom is -0.386 e. The predicted molar refractivity (Wildman–Crippen MR) is 278 cm³/mol. The quantitative estimate of drug-likeness (QED) is 0.124. The van der Waals surface area contributed by atoms with E-state index in [1.54, 1.807) is 81.6 Å². The van der Waals surface area contributed by atoms with Gasteiger partial charge in [-0.25, -0.2) is 9.97 Å². The second-order valence-corrected chi connectivity index (χ2v) is 17.8. The van der Waals surface area contributed by atoms with Crippen LogP contribution in [0.2, 0.25) is 0 Å². The predicted octanol–water partition coefficient (Wildman–Crippen LogP) is 2.68. The van der Waals surface area contributed by atoms with Crippen molar-refractivity contribution in [2.45, 2.75) is 6.92 Å². The van der Waals surface area contributed by atoms with Crippen molar-refractivity contribution in [3.8, 4) is 45.6 Å². The van der Waals surface area contributed by atoms with Gasteiger partial charge in [-0.05, 0) is 70.1 Å². The molecule has 2 aliphatic rings. The molecule has 0 saturated heterocycles. The zero-order valence-corrected chi connectivity index (χ0v) is 42.6. The van der Waals surface area contributed by atoms with Crippen molar-refractivity contribution >= 4 is 126 Å². The molecule has 24 nitrogen and oxygen atoms in total. The molecule has 6 heterocycles. The molecule has 2 aliphatic heterocycles. The summed E-state index contributed by atoms with van der Waals surface area (Å²) in [5.74, 6) is -1.72. The molecule has 75 heavy (non-hydrogen) atoms. The van der Waals surface area contributed by atoms with Crippen LogP contribution in [0.5, 0.6) is 0 Å². The van der Waals surface area contributed by atoms with Gasteiger partial charge in [0, 0.05) is 115 Å². The van der Waals surface area contributed by atoms with E-state index in [-0.39, 0.29) is 81.4 Å². The van der Waals surface area contributed by atoms with Gasteiger partial charge >= 0.3 is 28.2 Å². The second-order valence-electron chi connectivity index (χ2n) is 17.8. The Kier molecular flexibility index (Phi) is 12.5. The van der Waals surface area contributed by atoms with Gasteiger partial charge in [-0.15, -0.1) is 0 Å². The molecule has 0 saturated carbocycles. The molecule has 10 rings (SSSR count). The summed E-state index contributed by atoms with van der Waals surface area (Å²) in [5.41, 5.74) is 3.26. The maximum Gasteiger partial charge on any atom is 2.00 e. The van der Waals surface area contributed by atoms with Crippen LogP contribution in [0.3, 0.4) is 0 Å². The molecule has 0 unspecified atom stereocenters. The molecule has 1 N–H and O–H groups in total. The van der Waals surface area contributed by atoms with Crippen LogP contribution >= 0.6 is 0 Å². The van der Waals surface area contributed by atoms with Gasteiger partial charge in [0.25, 0.3) is 11.8 Å². The summed E-state index contributed by atoms with van der Waals surface area (Å²) in [5, 5.41) is 4.67. The van der Waals surface area contributed by atoms with Crippen LogP contribution in [-0.4, -0.2) is 125 Å². The van der Waals surface area contributed by atoms with Gasteiger partial charge in [0.05, 0.1) is 68.5 Å². The summed E-state index contributed by atoms with van der Waals surface area (Å²) in [6, 6.07) is 13.4. The number of carbonyl (C=O) groups excluding carboxylic acids is 6. The van der Waals surface area contributed by atoms with E-state index in [4.69, 9.17) is 39.9 Å². The van der Waals surface area contributed by atoms with E-state index in [1.165, 1.54) is 66.0 Å². The molecule has 8 aromatic rings. The number of rotatable bonds is 9. The van der Waals surface area contributed by atoms with Crippen LogP contribution in [0.4, 0.5) is 34.1 Å². The first-order valence-corrected chi connectivity index (χ1v) is 22.5. The van der Waals surface area contributed by atoms with Gasteiger partial charge in [-0.1, -0.05) is 0 Å². The van der Waals surface area contributed by atoms with Crippen molar-refractivity contribution in [1.29, 1.82) is 0 Å². The van der Waals surface area contributed by atoms with Gasteiger partial charge in [-0.3, -0.25) is 38.4 Å². The summed E-state index contributed by atoms with van der Waals surface area (Å²) >= 11 is 0. The Labute approximate surface area is 434 Å². The molecule has 25 heteroatoms. The monoisotopic (exact) mass is 1060 g/mol. The largest absolute Gasteiger partial charge is 2.00 e. The number of carbonyl (C=O) groups is 6. The first kappa shape index (κ1) is 50.5. The molecule has 0 fully saturated rings. The van der Waals surface area contributed by atoms with Crippen molar-refractivity contribution in [2.75, 3.05) is 79.2 Å². The summed E-state index contributed by atoms with van der Waals surface area (Å²) < 4.78 is 2.48. The summed E-state index contributed by atoms with van der Waals surface area (Å²) in [6.45, 7) is 1.37. The number of fused-ring (bicyclic) bond motifs is 21. The topological polar surface area (TPSA) is 280 Å². The number of nitrogens with one attached hydrogen (secondary N) is 1. The van der Waals surface area contributed by atoms with E-state index in [0.29, 0.717) is 95.4 Å². The standard InChI is InChI=1S/C50H44N16O8.Cu/c1-22(70)62(6)36-16-28-26(14-34(36)61(5)21-69)44-57-45-27-15-35(64(8)40(72)20-68)33(60(3)4)13-25(27)43(55-45)56-48-30-18-38-37(65(9)49(73)50(74)66(38)10)17-29(30)47(59-48)53-41-23-11-31(51-2)32(63(7)39(71)19-67)12-24(23)42(52-41)54-46(28)58-44;/h11-21H,1-10H3,(H3,51,52,53,54,55,56,57,58,59,67,68,71,72,73,74);/q;+2/p-2. The number of aldehydes is 2. The Morgan fingerprint density at radius 2 is 0.893 bits per heavy atom. The van der Waals surface area contributed by atoms with Crippen molar-refractivity contribution in [1.82, 2.24) is 49.0 Å². The zero-order valence-electron chi connectivity index (χ0n) is 41.6. The molecular formula is C50H42CuN16O8. The Morgan fingerprint density at radius 1 is 0.520 bits per heavy atom. The van der Waals surface area contributed by atoms with E-state index < -0.39 is 22.9 Å². The van der Waals surface area contributed by atoms with E-state index in [0.717, 1.165) is 4.90 Å². The van der Waals surface area contributed by atoms with E-state index >= 15 is 0 Å². The van der Waals surface area contributed by atoms with Crippen molar-refractivity contribution in [3.05, 3.63) is 69.2 Å². The molecule has 0 atom stereocenters. The van der Waals surface area contributed by atoms with Crippen molar-refractivity contribution < 1.29 is 45.8 Å². The van der Waals surface area contributed by atoms with E-state index in [2.05, 4.69) is 5.32 Å². The van der Waals surface area contributed by atoms with Crippen LogP contribution in [0.1, 0.15) is 6.92 Å². The molecule has 4 aromatic heterocycles. The van der Waals surface area contributed by atoms with E-state index in [9.17, 15) is 38.4 Å². The Bertz CT molecular complexity index is 4200. The molecule has 0 aliphatic carbocycles. The summed E-state index contributed by atoms with van der Waals surface area (Å²) in [4.78, 5) is 148. The SMILES string of the molecule is CNc1cc2c3nc4nc(nc5[n-]c(nc6nc(nc([n-]3)c2cc1N(C)C(=O)C=O)-c1cc(N(C)C(C)=O)c(N(C)C=O)cc1-6)c1cc(N(C)C(=O)C=O)c(N(C)C)cc51)-c1cc2c(cc1-4)n(C)c(=O)c(=O)n2C.[Cu+2]. The van der Waals surface area contributed by atoms with Crippen molar-refractivity contribution in [3.63, 3.8) is 0 Å². The fourth-order valence-corrected chi connectivity index (χ4v) is 9.09. The minimum absolute atomic E-state index is 0. The van der Waals surface area contributed by atoms with Gasteiger partial charge in [-0.2, -0.15) is 0 Å². The molecule has 4 aromatic carbocycles. The number of amides is 4. The molecule has 0 spiro atoms. The molecular weight excluding hydrogens is 1020 g/mol. The van der Waals surface area contributed by atoms with Gasteiger partial charge in [0.1, 0.15) is 0 Å². The van der Waals surface area contributed by atoms with Crippen LogP contribution < -0.4 is 50.9 Å². The molecule has 1 radical (unpaired) electrons. The van der Waals surface area contributed by atoms with Crippen LogP contribution in [-0.2, 0) is 59.9 Å². The summed E-state index contributed by atoms with van der Waals surface area (Å²) in [7, 11) is 14.1. The average molecular weight is 1060 g/mol. The average Bonchev–Trinajstić information content (AvgIpc) is 4.13. The van der Waals surface area contributed by atoms with Gasteiger partial charge in [0.2, 0.25) is 24.9 Å².